The minimum absolute atomic E-state index is 0.0705. The van der Waals surface area contributed by atoms with Crippen LogP contribution in [-0.2, 0) is 18.4 Å². The third kappa shape index (κ3) is 45.7. The van der Waals surface area contributed by atoms with Gasteiger partial charge in [0.1, 0.15) is 13.2 Å². The van der Waals surface area contributed by atoms with Gasteiger partial charge in [-0.1, -0.05) is 202 Å². The molecule has 0 aromatic heterocycles. The van der Waals surface area contributed by atoms with E-state index in [2.05, 4.69) is 104 Å². The first-order chi connectivity index (χ1) is 30.0. The van der Waals surface area contributed by atoms with E-state index in [0.717, 1.165) is 96.3 Å². The summed E-state index contributed by atoms with van der Waals surface area (Å²) in [4.78, 5) is 23.0. The maximum Gasteiger partial charge on any atom is 0.472 e. The van der Waals surface area contributed by atoms with Gasteiger partial charge in [-0.05, 0) is 70.6 Å². The summed E-state index contributed by atoms with van der Waals surface area (Å²) < 4.78 is 23.4. The maximum atomic E-state index is 12.8. The van der Waals surface area contributed by atoms with Crippen LogP contribution in [0, 0.1) is 0 Å². The van der Waals surface area contributed by atoms with Crippen LogP contribution < -0.4 is 5.32 Å². The Morgan fingerprint density at radius 2 is 0.968 bits per heavy atom. The van der Waals surface area contributed by atoms with Crippen molar-refractivity contribution in [2.45, 2.75) is 206 Å². The second-order valence-electron chi connectivity index (χ2n) is 17.8. The Morgan fingerprint density at radius 3 is 1.42 bits per heavy atom. The molecule has 0 fully saturated rings. The lowest BCUT2D eigenvalue weighted by Crippen LogP contribution is -2.46. The molecule has 0 aliphatic carbocycles. The van der Waals surface area contributed by atoms with Gasteiger partial charge in [0.2, 0.25) is 5.91 Å². The highest BCUT2D eigenvalue weighted by Gasteiger charge is 2.28. The Morgan fingerprint density at radius 1 is 0.565 bits per heavy atom. The molecule has 0 aliphatic heterocycles. The predicted molar refractivity (Wildman–Crippen MR) is 267 cm³/mol. The van der Waals surface area contributed by atoms with Crippen LogP contribution in [0.3, 0.4) is 0 Å². The first-order valence-corrected chi connectivity index (χ1v) is 26.4. The highest BCUT2D eigenvalue weighted by molar-refractivity contribution is 7.47. The number of aliphatic hydroxyl groups is 1. The van der Waals surface area contributed by atoms with Crippen LogP contribution in [0.25, 0.3) is 0 Å². The number of hydrogen-bond acceptors (Lipinski definition) is 5. The first-order valence-electron chi connectivity index (χ1n) is 25.0. The number of rotatable bonds is 44. The average molecular weight is 888 g/mol. The number of phosphoric acid groups is 1. The van der Waals surface area contributed by atoms with Gasteiger partial charge >= 0.3 is 7.82 Å². The Bertz CT molecular complexity index is 1280. The van der Waals surface area contributed by atoms with Crippen molar-refractivity contribution in [3.63, 3.8) is 0 Å². The van der Waals surface area contributed by atoms with Crippen LogP contribution >= 0.6 is 7.82 Å². The van der Waals surface area contributed by atoms with E-state index in [1.54, 1.807) is 0 Å². The van der Waals surface area contributed by atoms with Gasteiger partial charge in [-0.15, -0.1) is 0 Å². The molecular formula is C53H96N2O6P+. The average Bonchev–Trinajstić information content (AvgIpc) is 3.23. The van der Waals surface area contributed by atoms with E-state index in [1.165, 1.54) is 70.6 Å². The molecule has 8 nitrogen and oxygen atoms in total. The number of amides is 1. The molecule has 3 N–H and O–H groups in total. The van der Waals surface area contributed by atoms with Crippen LogP contribution in [0.1, 0.15) is 194 Å². The summed E-state index contributed by atoms with van der Waals surface area (Å²) in [7, 11) is 1.60. The zero-order chi connectivity index (χ0) is 45.7. The highest BCUT2D eigenvalue weighted by atomic mass is 31.2. The Hall–Kier alpha value is -2.32. The zero-order valence-corrected chi connectivity index (χ0v) is 41.5. The molecular weight excluding hydrogens is 792 g/mol. The summed E-state index contributed by atoms with van der Waals surface area (Å²) in [6, 6.07) is -0.761. The van der Waals surface area contributed by atoms with E-state index in [4.69, 9.17) is 9.05 Å². The second-order valence-corrected chi connectivity index (χ2v) is 19.3. The standard InChI is InChI=1S/C53H95N2O6P/c1-6-8-10-12-13-14-15-16-17-18-19-20-21-22-23-24-25-26-27-28-29-30-31-32-33-34-35-36-37-38-39-40-41-43-45-47-53(57)54-51(52(56)46-44-42-11-9-7-2)50-61-62(58,59)60-49-48-55(3,4)5/h8,10,13-14,16-17,19-20,22-23,25-26,28-29,51-52,56H,6-7,9,11-12,15,18,21,24,27,30-50H2,1-5H3,(H-,54,57,58,59)/p+1/b10-8-,14-13-,17-16-,20-19-,23-22-,26-25-,29-28-. The van der Waals surface area contributed by atoms with Gasteiger partial charge in [0.05, 0.1) is 39.9 Å². The predicted octanol–water partition coefficient (Wildman–Crippen LogP) is 14.5. The number of allylic oxidation sites excluding steroid dienone is 14. The molecule has 0 aromatic rings. The number of nitrogens with one attached hydrogen (secondary N) is 1. The monoisotopic (exact) mass is 888 g/mol. The van der Waals surface area contributed by atoms with Crippen molar-refractivity contribution in [2.24, 2.45) is 0 Å². The number of carbonyl (C=O) groups is 1. The fourth-order valence-corrected chi connectivity index (χ4v) is 7.47. The topological polar surface area (TPSA) is 105 Å². The summed E-state index contributed by atoms with van der Waals surface area (Å²) >= 11 is 0. The van der Waals surface area contributed by atoms with Crippen molar-refractivity contribution < 1.29 is 32.9 Å². The highest BCUT2D eigenvalue weighted by Crippen LogP contribution is 2.43. The van der Waals surface area contributed by atoms with E-state index < -0.39 is 20.0 Å². The number of unbranched alkanes of at least 4 members (excludes halogenated alkanes) is 17. The molecule has 0 bridgehead atoms. The number of likely N-dealkylation sites (N-methyl/N-ethyl adjacent to an activating group) is 1. The van der Waals surface area contributed by atoms with E-state index in [9.17, 15) is 19.4 Å². The number of quaternary nitrogens is 1. The molecule has 0 aliphatic rings. The Kier molecular flexibility index (Phi) is 42.3. The van der Waals surface area contributed by atoms with Crippen LogP contribution in [0.15, 0.2) is 85.1 Å². The summed E-state index contributed by atoms with van der Waals surface area (Å²) in [6.45, 7) is 4.66. The van der Waals surface area contributed by atoms with E-state index in [-0.39, 0.29) is 19.1 Å². The lowest BCUT2D eigenvalue weighted by atomic mass is 10.0. The lowest BCUT2D eigenvalue weighted by molar-refractivity contribution is -0.870. The third-order valence-corrected chi connectivity index (χ3v) is 11.6. The molecule has 0 radical (unpaired) electrons. The molecule has 1 amide bonds. The summed E-state index contributed by atoms with van der Waals surface area (Å²) in [6.07, 6.45) is 61.1. The molecule has 0 heterocycles. The maximum absolute atomic E-state index is 12.8. The van der Waals surface area contributed by atoms with Crippen molar-refractivity contribution in [3.05, 3.63) is 85.1 Å². The molecule has 9 heteroatoms. The van der Waals surface area contributed by atoms with Gasteiger partial charge in [-0.2, -0.15) is 0 Å². The van der Waals surface area contributed by atoms with Crippen LogP contribution in [0.4, 0.5) is 0 Å². The molecule has 0 spiro atoms. The van der Waals surface area contributed by atoms with Crippen molar-refractivity contribution >= 4 is 13.7 Å². The third-order valence-electron chi connectivity index (χ3n) is 10.7. The van der Waals surface area contributed by atoms with Crippen LogP contribution in [0.2, 0.25) is 0 Å². The van der Waals surface area contributed by atoms with E-state index in [1.807, 2.05) is 21.1 Å². The van der Waals surface area contributed by atoms with E-state index >= 15 is 0 Å². The quantitative estimate of drug-likeness (QED) is 0.0244. The van der Waals surface area contributed by atoms with Gasteiger partial charge < -0.3 is 19.8 Å². The zero-order valence-electron chi connectivity index (χ0n) is 40.6. The Labute approximate surface area is 382 Å². The van der Waals surface area contributed by atoms with Crippen LogP contribution in [-0.4, -0.2) is 73.4 Å². The van der Waals surface area contributed by atoms with Gasteiger partial charge in [0.15, 0.2) is 0 Å². The molecule has 0 aromatic carbocycles. The van der Waals surface area contributed by atoms with Crippen LogP contribution in [0.5, 0.6) is 0 Å². The summed E-state index contributed by atoms with van der Waals surface area (Å²) in [5.74, 6) is -0.157. The number of phosphoric ester groups is 1. The van der Waals surface area contributed by atoms with Crippen molar-refractivity contribution in [3.8, 4) is 0 Å². The molecule has 0 saturated heterocycles. The Balaban J connectivity index is 3.89. The smallest absolute Gasteiger partial charge is 0.391 e. The largest absolute Gasteiger partial charge is 0.472 e. The van der Waals surface area contributed by atoms with Crippen molar-refractivity contribution in [1.29, 1.82) is 0 Å². The van der Waals surface area contributed by atoms with Crippen molar-refractivity contribution in [1.82, 2.24) is 5.32 Å². The number of hydrogen-bond donors (Lipinski definition) is 3. The minimum Gasteiger partial charge on any atom is -0.391 e. The fraction of sp³-hybridized carbons (Fsp3) is 0.717. The second kappa shape index (κ2) is 43.9. The minimum atomic E-state index is -4.30. The molecule has 3 atom stereocenters. The number of carbonyl (C=O) groups excluding carboxylic acids is 1. The van der Waals surface area contributed by atoms with Gasteiger partial charge in [-0.3, -0.25) is 13.8 Å². The lowest BCUT2D eigenvalue weighted by Gasteiger charge is -2.26. The van der Waals surface area contributed by atoms with Gasteiger partial charge in [-0.25, -0.2) is 4.57 Å². The normalized spacial score (nSPS) is 14.9. The molecule has 3 unspecified atom stereocenters. The summed E-state index contributed by atoms with van der Waals surface area (Å²) in [5, 5.41) is 13.8. The van der Waals surface area contributed by atoms with Crippen molar-refractivity contribution in [2.75, 3.05) is 40.9 Å². The number of aliphatic hydroxyl groups excluding tert-OH is 1. The first kappa shape index (κ1) is 59.7. The SMILES string of the molecule is CC/C=C\C/C=C\C/C=C\C/C=C\C/C=C\C/C=C\C/C=C\CCCCCCCCCCCCCCCC(=O)NC(COP(=O)(O)OCC[N+](C)(C)C)C(O)CCCCCCC. The summed E-state index contributed by atoms with van der Waals surface area (Å²) in [5.41, 5.74) is 0. The molecule has 0 saturated carbocycles. The number of nitrogens with zero attached hydrogens (tertiary/aromatic N) is 1. The molecule has 62 heavy (non-hydrogen) atoms. The fourth-order valence-electron chi connectivity index (χ4n) is 6.73. The van der Waals surface area contributed by atoms with Gasteiger partial charge in [0.25, 0.3) is 0 Å². The van der Waals surface area contributed by atoms with E-state index in [0.29, 0.717) is 23.9 Å². The van der Waals surface area contributed by atoms with Gasteiger partial charge in [0, 0.05) is 6.42 Å². The molecule has 358 valence electrons. The molecule has 0 rings (SSSR count).